The van der Waals surface area contributed by atoms with Gasteiger partial charge in [-0.1, -0.05) is 0 Å². The van der Waals surface area contributed by atoms with Gasteiger partial charge in [-0.05, 0) is 36.8 Å². The standard InChI is InChI=1S/C14H10N4O/c1-9-4-5-18-14(12(9)8-16)19-13-3-2-11(17)6-10(13)7-15/h2-6H,17H2,1H3. The number of nitrogens with zero attached hydrogens (tertiary/aromatic N) is 3. The molecule has 1 aromatic heterocycles. The molecule has 0 spiro atoms. The highest BCUT2D eigenvalue weighted by Gasteiger charge is 2.11. The third kappa shape index (κ3) is 2.46. The van der Waals surface area contributed by atoms with Crippen LogP contribution in [0.15, 0.2) is 30.5 Å². The minimum absolute atomic E-state index is 0.184. The third-order valence-corrected chi connectivity index (χ3v) is 2.57. The Labute approximate surface area is 110 Å². The van der Waals surface area contributed by atoms with Crippen molar-refractivity contribution in [1.29, 1.82) is 10.5 Å². The van der Waals surface area contributed by atoms with Crippen LogP contribution in [0.4, 0.5) is 5.69 Å². The van der Waals surface area contributed by atoms with Gasteiger partial charge in [0.05, 0.1) is 5.56 Å². The molecule has 0 saturated heterocycles. The van der Waals surface area contributed by atoms with Crippen molar-refractivity contribution < 1.29 is 4.74 Å². The average molecular weight is 250 g/mol. The molecule has 0 atom stereocenters. The number of aromatic nitrogens is 1. The van der Waals surface area contributed by atoms with Gasteiger partial charge in [0, 0.05) is 11.9 Å². The Kier molecular flexibility index (Phi) is 3.31. The van der Waals surface area contributed by atoms with Crippen molar-refractivity contribution in [2.45, 2.75) is 6.92 Å². The molecule has 0 fully saturated rings. The van der Waals surface area contributed by atoms with Crippen LogP contribution < -0.4 is 10.5 Å². The first-order valence-corrected chi connectivity index (χ1v) is 5.49. The van der Waals surface area contributed by atoms with Gasteiger partial charge in [0.1, 0.15) is 23.5 Å². The van der Waals surface area contributed by atoms with E-state index in [0.29, 0.717) is 22.6 Å². The Morgan fingerprint density at radius 2 is 2.00 bits per heavy atom. The summed E-state index contributed by atoms with van der Waals surface area (Å²) in [4.78, 5) is 4.02. The van der Waals surface area contributed by atoms with E-state index in [1.54, 1.807) is 31.3 Å². The van der Waals surface area contributed by atoms with E-state index < -0.39 is 0 Å². The van der Waals surface area contributed by atoms with Crippen LogP contribution in [0.2, 0.25) is 0 Å². The fourth-order valence-electron chi connectivity index (χ4n) is 1.57. The van der Waals surface area contributed by atoms with Crippen molar-refractivity contribution in [3.05, 3.63) is 47.2 Å². The Hall–Kier alpha value is -3.05. The first-order valence-electron chi connectivity index (χ1n) is 5.49. The summed E-state index contributed by atoms with van der Waals surface area (Å²) in [7, 11) is 0. The molecule has 0 unspecified atom stereocenters. The summed E-state index contributed by atoms with van der Waals surface area (Å²) in [5.41, 5.74) is 7.49. The number of hydrogen-bond donors (Lipinski definition) is 1. The Morgan fingerprint density at radius 1 is 1.21 bits per heavy atom. The fraction of sp³-hybridized carbons (Fsp3) is 0.0714. The van der Waals surface area contributed by atoms with E-state index in [4.69, 9.17) is 21.0 Å². The van der Waals surface area contributed by atoms with Crippen LogP contribution in [0.25, 0.3) is 0 Å². The first kappa shape index (κ1) is 12.4. The fourth-order valence-corrected chi connectivity index (χ4v) is 1.57. The van der Waals surface area contributed by atoms with Gasteiger partial charge in [0.25, 0.3) is 0 Å². The summed E-state index contributed by atoms with van der Waals surface area (Å²) in [5.74, 6) is 0.509. The molecule has 2 rings (SSSR count). The monoisotopic (exact) mass is 250 g/mol. The molecular weight excluding hydrogens is 240 g/mol. The molecular formula is C14H10N4O. The number of pyridine rings is 1. The van der Waals surface area contributed by atoms with Crippen molar-refractivity contribution in [2.24, 2.45) is 0 Å². The molecule has 1 aromatic carbocycles. The Bertz CT molecular complexity index is 710. The number of ether oxygens (including phenoxy) is 1. The second kappa shape index (κ2) is 5.07. The summed E-state index contributed by atoms with van der Waals surface area (Å²) in [6.07, 6.45) is 1.55. The molecule has 2 N–H and O–H groups in total. The summed E-state index contributed by atoms with van der Waals surface area (Å²) < 4.78 is 5.55. The molecule has 92 valence electrons. The molecule has 0 saturated carbocycles. The molecule has 0 bridgehead atoms. The van der Waals surface area contributed by atoms with Crippen molar-refractivity contribution in [3.63, 3.8) is 0 Å². The molecule has 0 amide bonds. The van der Waals surface area contributed by atoms with Gasteiger partial charge in [-0.25, -0.2) is 4.98 Å². The van der Waals surface area contributed by atoms with Gasteiger partial charge < -0.3 is 10.5 Å². The van der Waals surface area contributed by atoms with Crippen LogP contribution in [0.5, 0.6) is 11.6 Å². The molecule has 1 heterocycles. The third-order valence-electron chi connectivity index (χ3n) is 2.57. The van der Waals surface area contributed by atoms with Gasteiger partial charge in [-0.2, -0.15) is 10.5 Å². The predicted molar refractivity (Wildman–Crippen MR) is 69.3 cm³/mol. The van der Waals surface area contributed by atoms with Crippen LogP contribution in [0.1, 0.15) is 16.7 Å². The number of hydrogen-bond acceptors (Lipinski definition) is 5. The maximum atomic E-state index is 9.09. The zero-order valence-electron chi connectivity index (χ0n) is 10.2. The molecule has 19 heavy (non-hydrogen) atoms. The van der Waals surface area contributed by atoms with Crippen LogP contribution in [-0.2, 0) is 0 Å². The van der Waals surface area contributed by atoms with E-state index >= 15 is 0 Å². The summed E-state index contributed by atoms with van der Waals surface area (Å²) in [5, 5.41) is 18.1. The molecule has 0 aliphatic rings. The normalized spacial score (nSPS) is 9.42. The van der Waals surface area contributed by atoms with Gasteiger partial charge >= 0.3 is 0 Å². The summed E-state index contributed by atoms with van der Waals surface area (Å²) in [6, 6.07) is 10.5. The van der Waals surface area contributed by atoms with Gasteiger partial charge in [-0.15, -0.1) is 0 Å². The lowest BCUT2D eigenvalue weighted by Crippen LogP contribution is -1.96. The maximum absolute atomic E-state index is 9.09. The smallest absolute Gasteiger partial charge is 0.237 e. The molecule has 0 radical (unpaired) electrons. The zero-order chi connectivity index (χ0) is 13.8. The highest BCUT2D eigenvalue weighted by Crippen LogP contribution is 2.28. The Balaban J connectivity index is 2.46. The minimum Gasteiger partial charge on any atom is -0.436 e. The van der Waals surface area contributed by atoms with E-state index in [0.717, 1.165) is 5.56 Å². The summed E-state index contributed by atoms with van der Waals surface area (Å²) in [6.45, 7) is 1.79. The van der Waals surface area contributed by atoms with E-state index in [2.05, 4.69) is 4.98 Å². The lowest BCUT2D eigenvalue weighted by molar-refractivity contribution is 0.459. The number of nitriles is 2. The van der Waals surface area contributed by atoms with E-state index in [-0.39, 0.29) is 5.88 Å². The van der Waals surface area contributed by atoms with Crippen LogP contribution in [0.3, 0.4) is 0 Å². The number of anilines is 1. The van der Waals surface area contributed by atoms with Crippen molar-refractivity contribution >= 4 is 5.69 Å². The lowest BCUT2D eigenvalue weighted by atomic mass is 10.1. The number of rotatable bonds is 2. The largest absolute Gasteiger partial charge is 0.436 e. The second-order valence-corrected chi connectivity index (χ2v) is 3.89. The average Bonchev–Trinajstić information content (AvgIpc) is 2.41. The van der Waals surface area contributed by atoms with Crippen LogP contribution >= 0.6 is 0 Å². The molecule has 0 aliphatic heterocycles. The van der Waals surface area contributed by atoms with Crippen molar-refractivity contribution in [1.82, 2.24) is 4.98 Å². The van der Waals surface area contributed by atoms with Gasteiger partial charge in [0.15, 0.2) is 0 Å². The predicted octanol–water partition coefficient (Wildman–Crippen LogP) is 2.51. The van der Waals surface area contributed by atoms with Gasteiger partial charge in [-0.3, -0.25) is 0 Å². The van der Waals surface area contributed by atoms with Crippen molar-refractivity contribution in [3.8, 4) is 23.8 Å². The minimum atomic E-state index is 0.184. The highest BCUT2D eigenvalue weighted by atomic mass is 16.5. The van der Waals surface area contributed by atoms with Crippen LogP contribution in [-0.4, -0.2) is 4.98 Å². The lowest BCUT2D eigenvalue weighted by Gasteiger charge is -2.09. The van der Waals surface area contributed by atoms with E-state index in [1.807, 2.05) is 12.1 Å². The molecule has 0 aliphatic carbocycles. The quantitative estimate of drug-likeness (QED) is 0.826. The highest BCUT2D eigenvalue weighted by molar-refractivity contribution is 5.55. The zero-order valence-corrected chi connectivity index (χ0v) is 10.2. The molecule has 5 heteroatoms. The SMILES string of the molecule is Cc1ccnc(Oc2ccc(N)cc2C#N)c1C#N. The van der Waals surface area contributed by atoms with Crippen molar-refractivity contribution in [2.75, 3.05) is 5.73 Å². The topological polar surface area (TPSA) is 95.7 Å². The molecule has 2 aromatic rings. The molecule has 5 nitrogen and oxygen atoms in total. The second-order valence-electron chi connectivity index (χ2n) is 3.89. The number of nitrogen functional groups attached to an aromatic ring is 1. The van der Waals surface area contributed by atoms with Gasteiger partial charge in [0.2, 0.25) is 5.88 Å². The Morgan fingerprint density at radius 3 is 2.68 bits per heavy atom. The van der Waals surface area contributed by atoms with E-state index in [1.165, 1.54) is 6.07 Å². The van der Waals surface area contributed by atoms with Crippen LogP contribution in [0, 0.1) is 29.6 Å². The summed E-state index contributed by atoms with van der Waals surface area (Å²) >= 11 is 0. The van der Waals surface area contributed by atoms with E-state index in [9.17, 15) is 0 Å². The first-order chi connectivity index (χ1) is 9.15. The maximum Gasteiger partial charge on any atom is 0.237 e. The number of nitrogens with two attached hydrogens (primary N) is 1. The number of benzene rings is 1. The number of aryl methyl sites for hydroxylation is 1.